The van der Waals surface area contributed by atoms with Crippen LogP contribution in [0.2, 0.25) is 0 Å². The zero-order chi connectivity index (χ0) is 16.2. The maximum atomic E-state index is 11.8. The Morgan fingerprint density at radius 3 is 2.32 bits per heavy atom. The maximum absolute atomic E-state index is 11.8. The second kappa shape index (κ2) is 10.8. The fourth-order valence-electron chi connectivity index (χ4n) is 1.80. The van der Waals surface area contributed by atoms with Crippen molar-refractivity contribution in [3.05, 3.63) is 18.2 Å². The molecule has 1 aromatic rings. The molecular formula is C17H28N2O3. The molecule has 0 heterocycles. The number of carbonyl (C=O) groups excluding carboxylic acids is 1. The lowest BCUT2D eigenvalue weighted by Gasteiger charge is -2.14. The summed E-state index contributed by atoms with van der Waals surface area (Å²) in [6.07, 6.45) is 3.89. The smallest absolute Gasteiger partial charge is 0.319 e. The normalized spacial score (nSPS) is 10.1. The number of hydrogen-bond acceptors (Lipinski definition) is 3. The number of ether oxygens (including phenoxy) is 2. The summed E-state index contributed by atoms with van der Waals surface area (Å²) in [5.74, 6) is 1.38. The Morgan fingerprint density at radius 1 is 1.00 bits per heavy atom. The highest BCUT2D eigenvalue weighted by atomic mass is 16.5. The van der Waals surface area contributed by atoms with Crippen molar-refractivity contribution in [2.45, 2.75) is 46.5 Å². The van der Waals surface area contributed by atoms with Crippen LogP contribution >= 0.6 is 0 Å². The van der Waals surface area contributed by atoms with Crippen LogP contribution in [0.4, 0.5) is 10.5 Å². The molecule has 0 aliphatic carbocycles. The molecule has 22 heavy (non-hydrogen) atoms. The van der Waals surface area contributed by atoms with E-state index in [2.05, 4.69) is 31.4 Å². The van der Waals surface area contributed by atoms with Crippen molar-refractivity contribution < 1.29 is 14.3 Å². The van der Waals surface area contributed by atoms with Crippen molar-refractivity contribution in [3.8, 4) is 11.5 Å². The molecule has 0 saturated carbocycles. The molecule has 1 rings (SSSR count). The van der Waals surface area contributed by atoms with Gasteiger partial charge in [-0.15, -0.1) is 0 Å². The summed E-state index contributed by atoms with van der Waals surface area (Å²) in [5, 5.41) is 5.64. The molecule has 1 aromatic carbocycles. The molecule has 0 radical (unpaired) electrons. The van der Waals surface area contributed by atoms with Crippen LogP contribution in [0, 0.1) is 0 Å². The molecule has 5 nitrogen and oxygen atoms in total. The van der Waals surface area contributed by atoms with Gasteiger partial charge in [0.05, 0.1) is 13.2 Å². The minimum atomic E-state index is -0.197. The first-order valence-electron chi connectivity index (χ1n) is 8.15. The summed E-state index contributed by atoms with van der Waals surface area (Å²) >= 11 is 0. The van der Waals surface area contributed by atoms with Gasteiger partial charge in [-0.1, -0.05) is 27.2 Å². The molecule has 0 saturated heterocycles. The van der Waals surface area contributed by atoms with Gasteiger partial charge in [0.15, 0.2) is 11.5 Å². The number of nitrogens with one attached hydrogen (secondary N) is 2. The Kier molecular flexibility index (Phi) is 8.88. The van der Waals surface area contributed by atoms with Crippen molar-refractivity contribution >= 4 is 11.7 Å². The van der Waals surface area contributed by atoms with E-state index in [0.717, 1.165) is 25.7 Å². The van der Waals surface area contributed by atoms with Crippen molar-refractivity contribution in [1.29, 1.82) is 0 Å². The zero-order valence-corrected chi connectivity index (χ0v) is 13.9. The molecule has 2 amide bonds. The van der Waals surface area contributed by atoms with Gasteiger partial charge in [0.1, 0.15) is 0 Å². The first-order chi connectivity index (χ1) is 10.7. The Balaban J connectivity index is 2.68. The van der Waals surface area contributed by atoms with E-state index in [-0.39, 0.29) is 6.03 Å². The van der Waals surface area contributed by atoms with Gasteiger partial charge >= 0.3 is 6.03 Å². The Labute approximate surface area is 133 Å². The minimum Gasteiger partial charge on any atom is -0.490 e. The highest BCUT2D eigenvalue weighted by molar-refractivity contribution is 5.89. The summed E-state index contributed by atoms with van der Waals surface area (Å²) in [7, 11) is 0. The van der Waals surface area contributed by atoms with Crippen molar-refractivity contribution in [2.24, 2.45) is 0 Å². The predicted molar refractivity (Wildman–Crippen MR) is 89.9 cm³/mol. The molecule has 0 atom stereocenters. The van der Waals surface area contributed by atoms with E-state index in [1.54, 1.807) is 6.07 Å². The fourth-order valence-corrected chi connectivity index (χ4v) is 1.80. The van der Waals surface area contributed by atoms with Gasteiger partial charge in [0.2, 0.25) is 0 Å². The number of carbonyl (C=O) groups is 1. The van der Waals surface area contributed by atoms with Gasteiger partial charge in [-0.25, -0.2) is 4.79 Å². The van der Waals surface area contributed by atoms with E-state index < -0.39 is 0 Å². The average molecular weight is 308 g/mol. The van der Waals surface area contributed by atoms with E-state index in [9.17, 15) is 4.79 Å². The molecule has 124 valence electrons. The molecule has 0 spiro atoms. The molecular weight excluding hydrogens is 280 g/mol. The molecule has 2 N–H and O–H groups in total. The van der Waals surface area contributed by atoms with Gasteiger partial charge in [0, 0.05) is 18.3 Å². The lowest BCUT2D eigenvalue weighted by molar-refractivity contribution is 0.252. The number of benzene rings is 1. The number of unbranched alkanes of at least 4 members (excludes halogenated alkanes) is 1. The summed E-state index contributed by atoms with van der Waals surface area (Å²) in [6.45, 7) is 8.14. The summed E-state index contributed by atoms with van der Waals surface area (Å²) < 4.78 is 11.4. The second-order valence-electron chi connectivity index (χ2n) is 5.09. The van der Waals surface area contributed by atoms with E-state index in [1.165, 1.54) is 0 Å². The topological polar surface area (TPSA) is 59.6 Å². The molecule has 5 heteroatoms. The van der Waals surface area contributed by atoms with Crippen LogP contribution in [0.25, 0.3) is 0 Å². The van der Waals surface area contributed by atoms with Crippen LogP contribution < -0.4 is 20.1 Å². The molecule has 0 aromatic heterocycles. The number of amides is 2. The number of urea groups is 1. The number of hydrogen-bond donors (Lipinski definition) is 2. The van der Waals surface area contributed by atoms with Crippen molar-refractivity contribution in [1.82, 2.24) is 5.32 Å². The number of rotatable bonds is 10. The Hall–Kier alpha value is -1.91. The molecule has 0 unspecified atom stereocenters. The Morgan fingerprint density at radius 2 is 1.68 bits per heavy atom. The molecule has 0 bridgehead atoms. The third-order valence-electron chi connectivity index (χ3n) is 2.94. The lowest BCUT2D eigenvalue weighted by Crippen LogP contribution is -2.29. The number of anilines is 1. The minimum absolute atomic E-state index is 0.197. The largest absolute Gasteiger partial charge is 0.490 e. The fraction of sp³-hybridized carbons (Fsp3) is 0.588. The van der Waals surface area contributed by atoms with Crippen molar-refractivity contribution in [2.75, 3.05) is 25.1 Å². The first kappa shape index (κ1) is 18.1. The van der Waals surface area contributed by atoms with Crippen LogP contribution in [-0.2, 0) is 0 Å². The standard InChI is InChI=1S/C17H28N2O3/c1-4-7-10-18-17(20)19-14-8-9-15(21-11-5-2)16(13-14)22-12-6-3/h8-9,13H,4-7,10-12H2,1-3H3,(H2,18,19,20). The van der Waals surface area contributed by atoms with Crippen LogP contribution in [0.3, 0.4) is 0 Å². The average Bonchev–Trinajstić information content (AvgIpc) is 2.52. The third kappa shape index (κ3) is 6.70. The zero-order valence-electron chi connectivity index (χ0n) is 13.9. The monoisotopic (exact) mass is 308 g/mol. The molecule has 0 aliphatic rings. The highest BCUT2D eigenvalue weighted by Crippen LogP contribution is 2.30. The van der Waals surface area contributed by atoms with Crippen LogP contribution in [0.1, 0.15) is 46.5 Å². The van der Waals surface area contributed by atoms with E-state index in [4.69, 9.17) is 9.47 Å². The predicted octanol–water partition coefficient (Wildman–Crippen LogP) is 4.19. The van der Waals surface area contributed by atoms with Crippen LogP contribution in [0.15, 0.2) is 18.2 Å². The van der Waals surface area contributed by atoms with E-state index in [0.29, 0.717) is 36.9 Å². The van der Waals surface area contributed by atoms with Gasteiger partial charge in [-0.2, -0.15) is 0 Å². The summed E-state index contributed by atoms with van der Waals surface area (Å²) in [6, 6.07) is 5.27. The summed E-state index contributed by atoms with van der Waals surface area (Å²) in [5.41, 5.74) is 0.698. The van der Waals surface area contributed by atoms with Gasteiger partial charge in [0.25, 0.3) is 0 Å². The molecule has 0 fully saturated rings. The molecule has 0 aliphatic heterocycles. The van der Waals surface area contributed by atoms with E-state index >= 15 is 0 Å². The van der Waals surface area contributed by atoms with Crippen molar-refractivity contribution in [3.63, 3.8) is 0 Å². The van der Waals surface area contributed by atoms with Gasteiger partial charge in [-0.3, -0.25) is 0 Å². The SMILES string of the molecule is CCCCNC(=O)Nc1ccc(OCCC)c(OCCC)c1. The summed E-state index contributed by atoms with van der Waals surface area (Å²) in [4.78, 5) is 11.8. The first-order valence-corrected chi connectivity index (χ1v) is 8.15. The maximum Gasteiger partial charge on any atom is 0.319 e. The second-order valence-corrected chi connectivity index (χ2v) is 5.09. The van der Waals surface area contributed by atoms with Gasteiger partial charge in [-0.05, 0) is 31.4 Å². The third-order valence-corrected chi connectivity index (χ3v) is 2.94. The lowest BCUT2D eigenvalue weighted by atomic mass is 10.2. The van der Waals surface area contributed by atoms with E-state index in [1.807, 2.05) is 12.1 Å². The highest BCUT2D eigenvalue weighted by Gasteiger charge is 2.08. The quantitative estimate of drug-likeness (QED) is 0.637. The van der Waals surface area contributed by atoms with Crippen LogP contribution in [-0.4, -0.2) is 25.8 Å². The Bertz CT molecular complexity index is 450. The van der Waals surface area contributed by atoms with Gasteiger partial charge < -0.3 is 20.1 Å². The van der Waals surface area contributed by atoms with Crippen LogP contribution in [0.5, 0.6) is 11.5 Å².